The fourth-order valence-corrected chi connectivity index (χ4v) is 6.46. The fraction of sp³-hybridized carbons (Fsp3) is 0.423. The minimum absolute atomic E-state index is 0.0147. The summed E-state index contributed by atoms with van der Waals surface area (Å²) in [6.45, 7) is 6.67. The van der Waals surface area contributed by atoms with E-state index in [1.807, 2.05) is 61.2 Å². The lowest BCUT2D eigenvalue weighted by Gasteiger charge is -2.40. The maximum absolute atomic E-state index is 13.6. The molecule has 3 aliphatic heterocycles. The summed E-state index contributed by atoms with van der Waals surface area (Å²) in [4.78, 5) is 32.5. The van der Waals surface area contributed by atoms with Crippen molar-refractivity contribution in [1.29, 1.82) is 0 Å². The van der Waals surface area contributed by atoms with Crippen LogP contribution in [-0.4, -0.2) is 72.0 Å². The number of carbonyl (C=O) groups is 2. The lowest BCUT2D eigenvalue weighted by molar-refractivity contribution is -0.147. The second-order valence-electron chi connectivity index (χ2n) is 8.91. The Morgan fingerprint density at radius 3 is 2.50 bits per heavy atom. The first-order valence-corrected chi connectivity index (χ1v) is 12.7. The standard InChI is InChI=1S/C26H30N4O3S/c1-4-21(25(31)29-15-13-28(14-16-29)18-9-11-19(33-3)12-10-18)30-26(32)23-20-7-5-6-8-22(20)34-24(23)17(2)27-30/h5-12,21,23-24H,4,13-16H2,1-3H3. The quantitative estimate of drug-likeness (QED) is 0.657. The van der Waals surface area contributed by atoms with E-state index in [0.717, 1.165) is 40.7 Å². The third kappa shape index (κ3) is 3.94. The van der Waals surface area contributed by atoms with Gasteiger partial charge in [-0.25, -0.2) is 5.01 Å². The number of hydrazone groups is 1. The summed E-state index contributed by atoms with van der Waals surface area (Å²) in [7, 11) is 1.66. The highest BCUT2D eigenvalue weighted by Crippen LogP contribution is 2.48. The van der Waals surface area contributed by atoms with Gasteiger partial charge in [0.25, 0.3) is 5.91 Å². The number of carbonyl (C=O) groups excluding carboxylic acids is 2. The first kappa shape index (κ1) is 22.8. The molecule has 3 heterocycles. The first-order valence-electron chi connectivity index (χ1n) is 11.8. The van der Waals surface area contributed by atoms with Crippen LogP contribution < -0.4 is 9.64 Å². The van der Waals surface area contributed by atoms with E-state index >= 15 is 0 Å². The van der Waals surface area contributed by atoms with Crippen molar-refractivity contribution >= 4 is 35.0 Å². The molecule has 34 heavy (non-hydrogen) atoms. The fourth-order valence-electron chi connectivity index (χ4n) is 5.08. The summed E-state index contributed by atoms with van der Waals surface area (Å²) < 4.78 is 5.25. The minimum Gasteiger partial charge on any atom is -0.497 e. The lowest BCUT2D eigenvalue weighted by atomic mass is 9.91. The number of nitrogens with zero attached hydrogens (tertiary/aromatic N) is 4. The van der Waals surface area contributed by atoms with Crippen molar-refractivity contribution < 1.29 is 14.3 Å². The second kappa shape index (κ2) is 9.33. The van der Waals surface area contributed by atoms with E-state index in [-0.39, 0.29) is 23.0 Å². The van der Waals surface area contributed by atoms with Gasteiger partial charge in [-0.15, -0.1) is 11.8 Å². The van der Waals surface area contributed by atoms with Crippen molar-refractivity contribution in [3.63, 3.8) is 0 Å². The molecule has 178 valence electrons. The summed E-state index contributed by atoms with van der Waals surface area (Å²) >= 11 is 1.70. The summed E-state index contributed by atoms with van der Waals surface area (Å²) in [5.41, 5.74) is 3.08. The molecular formula is C26H30N4O3S. The van der Waals surface area contributed by atoms with Crippen LogP contribution in [0.1, 0.15) is 31.7 Å². The molecule has 0 aliphatic carbocycles. The highest BCUT2D eigenvalue weighted by Gasteiger charge is 2.47. The molecule has 2 amide bonds. The van der Waals surface area contributed by atoms with Crippen molar-refractivity contribution in [3.8, 4) is 5.75 Å². The number of methoxy groups -OCH3 is 1. The molecular weight excluding hydrogens is 448 g/mol. The summed E-state index contributed by atoms with van der Waals surface area (Å²) in [5.74, 6) is 0.479. The van der Waals surface area contributed by atoms with Crippen molar-refractivity contribution in [2.75, 3.05) is 38.2 Å². The van der Waals surface area contributed by atoms with Crippen LogP contribution in [0.15, 0.2) is 58.5 Å². The van der Waals surface area contributed by atoms with E-state index < -0.39 is 6.04 Å². The number of amides is 2. The zero-order chi connectivity index (χ0) is 23.8. The summed E-state index contributed by atoms with van der Waals surface area (Å²) in [6.07, 6.45) is 0.534. The highest BCUT2D eigenvalue weighted by atomic mass is 32.2. The molecule has 3 unspecified atom stereocenters. The Bertz CT molecular complexity index is 1110. The SMILES string of the molecule is CCC(C(=O)N1CCN(c2ccc(OC)cc2)CC1)N1N=C(C)C2Sc3ccccc3C2C1=O. The molecule has 0 bridgehead atoms. The molecule has 0 radical (unpaired) electrons. The molecule has 1 fully saturated rings. The largest absolute Gasteiger partial charge is 0.497 e. The molecule has 0 aromatic heterocycles. The Morgan fingerprint density at radius 1 is 1.12 bits per heavy atom. The van der Waals surface area contributed by atoms with Gasteiger partial charge in [0.2, 0.25) is 5.91 Å². The zero-order valence-electron chi connectivity index (χ0n) is 19.8. The number of piperazine rings is 1. The number of hydrogen-bond donors (Lipinski definition) is 0. The van der Waals surface area contributed by atoms with Gasteiger partial charge in [0.1, 0.15) is 11.8 Å². The molecule has 8 heteroatoms. The number of anilines is 1. The van der Waals surface area contributed by atoms with Crippen molar-refractivity contribution in [1.82, 2.24) is 9.91 Å². The number of thioether (sulfide) groups is 1. The smallest absolute Gasteiger partial charge is 0.252 e. The molecule has 7 nitrogen and oxygen atoms in total. The average molecular weight is 479 g/mol. The molecule has 0 saturated carbocycles. The second-order valence-corrected chi connectivity index (χ2v) is 10.1. The lowest BCUT2D eigenvalue weighted by Crippen LogP contribution is -2.57. The zero-order valence-corrected chi connectivity index (χ0v) is 20.6. The molecule has 2 aromatic carbocycles. The van der Waals surface area contributed by atoms with Crippen LogP contribution in [0, 0.1) is 0 Å². The monoisotopic (exact) mass is 478 g/mol. The Labute approximate surface area is 204 Å². The van der Waals surface area contributed by atoms with Crippen LogP contribution in [0.4, 0.5) is 5.69 Å². The van der Waals surface area contributed by atoms with Gasteiger partial charge in [-0.1, -0.05) is 25.1 Å². The van der Waals surface area contributed by atoms with Crippen molar-refractivity contribution in [2.45, 2.75) is 42.4 Å². The van der Waals surface area contributed by atoms with E-state index in [9.17, 15) is 9.59 Å². The van der Waals surface area contributed by atoms with Crippen LogP contribution in [0.25, 0.3) is 0 Å². The molecule has 0 N–H and O–H groups in total. The Balaban J connectivity index is 1.29. The van der Waals surface area contributed by atoms with Crippen LogP contribution in [0.2, 0.25) is 0 Å². The predicted molar refractivity (Wildman–Crippen MR) is 135 cm³/mol. The van der Waals surface area contributed by atoms with E-state index in [0.29, 0.717) is 19.5 Å². The first-order chi connectivity index (χ1) is 16.5. The number of fused-ring (bicyclic) bond motifs is 3. The molecule has 3 atom stereocenters. The van der Waals surface area contributed by atoms with Crippen LogP contribution in [0.5, 0.6) is 5.75 Å². The third-order valence-electron chi connectivity index (χ3n) is 6.98. The molecule has 3 aliphatic rings. The van der Waals surface area contributed by atoms with E-state index in [1.165, 1.54) is 5.01 Å². The Morgan fingerprint density at radius 2 is 1.82 bits per heavy atom. The van der Waals surface area contributed by atoms with Gasteiger partial charge < -0.3 is 14.5 Å². The van der Waals surface area contributed by atoms with Crippen LogP contribution in [0.3, 0.4) is 0 Å². The molecule has 0 spiro atoms. The number of benzene rings is 2. The molecule has 1 saturated heterocycles. The average Bonchev–Trinajstić information content (AvgIpc) is 3.28. The van der Waals surface area contributed by atoms with Gasteiger partial charge in [0.15, 0.2) is 0 Å². The summed E-state index contributed by atoms with van der Waals surface area (Å²) in [6, 6.07) is 15.5. The highest BCUT2D eigenvalue weighted by molar-refractivity contribution is 8.01. The van der Waals surface area contributed by atoms with Gasteiger partial charge >= 0.3 is 0 Å². The van der Waals surface area contributed by atoms with Gasteiger partial charge in [-0.05, 0) is 49.2 Å². The van der Waals surface area contributed by atoms with Gasteiger partial charge in [0.05, 0.1) is 18.3 Å². The summed E-state index contributed by atoms with van der Waals surface area (Å²) in [5, 5.41) is 6.16. The molecule has 2 aromatic rings. The van der Waals surface area contributed by atoms with Crippen molar-refractivity contribution in [3.05, 3.63) is 54.1 Å². The Kier molecular flexibility index (Phi) is 6.25. The van der Waals surface area contributed by atoms with Gasteiger partial charge in [0, 0.05) is 42.5 Å². The minimum atomic E-state index is -0.575. The van der Waals surface area contributed by atoms with Gasteiger partial charge in [-0.2, -0.15) is 5.10 Å². The topological polar surface area (TPSA) is 65.5 Å². The predicted octanol–water partition coefficient (Wildman–Crippen LogP) is 3.60. The number of rotatable bonds is 5. The van der Waals surface area contributed by atoms with Crippen LogP contribution in [-0.2, 0) is 9.59 Å². The van der Waals surface area contributed by atoms with E-state index in [2.05, 4.69) is 16.1 Å². The van der Waals surface area contributed by atoms with Crippen LogP contribution >= 0.6 is 11.8 Å². The maximum Gasteiger partial charge on any atom is 0.252 e. The van der Waals surface area contributed by atoms with E-state index in [1.54, 1.807) is 18.9 Å². The van der Waals surface area contributed by atoms with Crippen molar-refractivity contribution in [2.24, 2.45) is 5.10 Å². The van der Waals surface area contributed by atoms with E-state index in [4.69, 9.17) is 4.74 Å². The maximum atomic E-state index is 13.6. The normalized spacial score (nSPS) is 22.7. The van der Waals surface area contributed by atoms with Gasteiger partial charge in [-0.3, -0.25) is 9.59 Å². The number of ether oxygens (including phenoxy) is 1. The Hall–Kier alpha value is -3.00. The third-order valence-corrected chi connectivity index (χ3v) is 8.47. The molecule has 5 rings (SSSR count). The number of hydrogen-bond acceptors (Lipinski definition) is 6.